The molecule has 30 heavy (non-hydrogen) atoms. The largest absolute Gasteiger partial charge is 0.396 e. The van der Waals surface area contributed by atoms with Crippen molar-refractivity contribution in [2.75, 3.05) is 19.7 Å². The van der Waals surface area contributed by atoms with E-state index in [1.807, 2.05) is 27.7 Å². The van der Waals surface area contributed by atoms with Crippen LogP contribution in [0.25, 0.3) is 0 Å². The second-order valence-corrected chi connectivity index (χ2v) is 11.6. The molecule has 170 valence electrons. The number of carbonyl (C=O) groups is 3. The maximum atomic E-state index is 13.7. The minimum Gasteiger partial charge on any atom is -0.396 e. The van der Waals surface area contributed by atoms with Crippen molar-refractivity contribution in [3.63, 3.8) is 0 Å². The molecule has 8 heteroatoms. The number of thioether (sulfide) groups is 1. The highest BCUT2D eigenvalue weighted by Gasteiger charge is 2.75. The van der Waals surface area contributed by atoms with E-state index in [-0.39, 0.29) is 41.4 Å². The zero-order valence-corrected chi connectivity index (χ0v) is 19.7. The first-order valence-corrected chi connectivity index (χ1v) is 12.1. The predicted molar refractivity (Wildman–Crippen MR) is 118 cm³/mol. The Hall–Kier alpha value is -1.28. The van der Waals surface area contributed by atoms with Gasteiger partial charge in [-0.3, -0.25) is 14.4 Å². The lowest BCUT2D eigenvalue weighted by Crippen LogP contribution is -2.59. The molecule has 1 spiro atoms. The second kappa shape index (κ2) is 8.69. The first kappa shape index (κ1) is 23.4. The number of aliphatic hydroxyl groups excluding tert-OH is 1. The highest BCUT2D eigenvalue weighted by Crippen LogP contribution is 2.68. The second-order valence-electron chi connectivity index (χ2n) is 10.0. The average molecular weight is 440 g/mol. The normalized spacial score (nSPS) is 34.9. The van der Waals surface area contributed by atoms with Crippen LogP contribution < -0.4 is 10.6 Å². The summed E-state index contributed by atoms with van der Waals surface area (Å²) in [5, 5.41) is 15.4. The van der Waals surface area contributed by atoms with Crippen LogP contribution in [0.15, 0.2) is 0 Å². The molecule has 0 saturated carbocycles. The Morgan fingerprint density at radius 1 is 1.27 bits per heavy atom. The molecule has 3 amide bonds. The van der Waals surface area contributed by atoms with Gasteiger partial charge in [-0.05, 0) is 52.4 Å². The van der Waals surface area contributed by atoms with E-state index in [9.17, 15) is 19.5 Å². The number of rotatable bonds is 8. The molecule has 6 atom stereocenters. The molecule has 2 bridgehead atoms. The summed E-state index contributed by atoms with van der Waals surface area (Å²) in [6.45, 7) is 11.1. The summed E-state index contributed by atoms with van der Waals surface area (Å²) in [7, 11) is 0. The topological polar surface area (TPSA) is 98.7 Å². The summed E-state index contributed by atoms with van der Waals surface area (Å²) in [6.07, 6.45) is 2.92. The van der Waals surface area contributed by atoms with Gasteiger partial charge in [0.15, 0.2) is 0 Å². The number of nitrogens with one attached hydrogen (secondary N) is 2. The fraction of sp³-hybridized carbons (Fsp3) is 0.864. The molecular formula is C22H37N3O4S. The molecule has 0 aromatic carbocycles. The number of likely N-dealkylation sites (tertiary alicyclic amines) is 1. The number of carbonyl (C=O) groups excluding carboxylic acids is 3. The number of nitrogens with zero attached hydrogens (tertiary/aromatic N) is 1. The zero-order chi connectivity index (χ0) is 22.3. The molecule has 3 aliphatic heterocycles. The standard InChI is InChI=1S/C22H37N3O4S/c1-6-9-23-18(27)15-14-12-13(2)22(30-14)16(15)20(29)25(10-7-8-11-26)17(22)19(28)24-21(3,4)5/h13-17,26H,6-12H2,1-5H3,(H,23,27)(H,24,28)/t13?,14-,15+,16-,17?,22?/m0/s1. The fourth-order valence-electron chi connectivity index (χ4n) is 5.56. The van der Waals surface area contributed by atoms with Crippen LogP contribution in [0.2, 0.25) is 0 Å². The predicted octanol–water partition coefficient (Wildman–Crippen LogP) is 1.54. The van der Waals surface area contributed by atoms with Crippen LogP contribution in [0.1, 0.15) is 60.3 Å². The number of hydrogen-bond acceptors (Lipinski definition) is 5. The number of unbranched alkanes of at least 4 members (excludes halogenated alkanes) is 1. The van der Waals surface area contributed by atoms with Gasteiger partial charge in [0.2, 0.25) is 17.7 Å². The quantitative estimate of drug-likeness (QED) is 0.498. The molecule has 3 fully saturated rings. The summed E-state index contributed by atoms with van der Waals surface area (Å²) in [4.78, 5) is 41.9. The molecule has 3 rings (SSSR count). The van der Waals surface area contributed by atoms with E-state index in [2.05, 4.69) is 17.6 Å². The number of aliphatic hydroxyl groups is 1. The number of amides is 3. The molecule has 0 aromatic rings. The maximum Gasteiger partial charge on any atom is 0.244 e. The van der Waals surface area contributed by atoms with Gasteiger partial charge < -0.3 is 20.6 Å². The first-order valence-electron chi connectivity index (χ1n) is 11.3. The fourth-order valence-corrected chi connectivity index (χ4v) is 7.98. The van der Waals surface area contributed by atoms with E-state index in [0.717, 1.165) is 12.8 Å². The lowest BCUT2D eigenvalue weighted by Gasteiger charge is -2.39. The smallest absolute Gasteiger partial charge is 0.244 e. The van der Waals surface area contributed by atoms with Crippen molar-refractivity contribution in [3.05, 3.63) is 0 Å². The van der Waals surface area contributed by atoms with Gasteiger partial charge >= 0.3 is 0 Å². The summed E-state index contributed by atoms with van der Waals surface area (Å²) in [5.74, 6) is -0.906. The molecule has 3 unspecified atom stereocenters. The molecular weight excluding hydrogens is 402 g/mol. The highest BCUT2D eigenvalue weighted by atomic mass is 32.2. The van der Waals surface area contributed by atoms with Gasteiger partial charge in [-0.1, -0.05) is 13.8 Å². The SMILES string of the molecule is CCCNC(=O)[C@@H]1[C@@H]2CC(C)C3(S2)C(C(=O)NC(C)(C)C)N(CCCCO)C(=O)[C@H]13. The van der Waals surface area contributed by atoms with Crippen molar-refractivity contribution in [1.82, 2.24) is 15.5 Å². The van der Waals surface area contributed by atoms with Gasteiger partial charge in [-0.25, -0.2) is 0 Å². The average Bonchev–Trinajstić information content (AvgIpc) is 3.23. The van der Waals surface area contributed by atoms with Gasteiger partial charge in [0.1, 0.15) is 6.04 Å². The molecule has 0 radical (unpaired) electrons. The van der Waals surface area contributed by atoms with Crippen LogP contribution in [0.3, 0.4) is 0 Å². The van der Waals surface area contributed by atoms with Crippen molar-refractivity contribution in [2.24, 2.45) is 17.8 Å². The van der Waals surface area contributed by atoms with E-state index in [1.165, 1.54) is 0 Å². The summed E-state index contributed by atoms with van der Waals surface area (Å²) >= 11 is 1.70. The van der Waals surface area contributed by atoms with Crippen molar-refractivity contribution in [3.8, 4) is 0 Å². The van der Waals surface area contributed by atoms with Crippen LogP contribution >= 0.6 is 11.8 Å². The lowest BCUT2D eigenvalue weighted by molar-refractivity contribution is -0.140. The van der Waals surface area contributed by atoms with Crippen LogP contribution in [-0.4, -0.2) is 69.0 Å². The first-order chi connectivity index (χ1) is 14.1. The third-order valence-corrected chi connectivity index (χ3v) is 8.73. The third kappa shape index (κ3) is 3.85. The van der Waals surface area contributed by atoms with Gasteiger partial charge in [0.25, 0.3) is 0 Å². The molecule has 3 N–H and O–H groups in total. The van der Waals surface area contributed by atoms with E-state index in [4.69, 9.17) is 0 Å². The van der Waals surface area contributed by atoms with E-state index >= 15 is 0 Å². The molecule has 3 heterocycles. The van der Waals surface area contributed by atoms with E-state index < -0.39 is 22.2 Å². The summed E-state index contributed by atoms with van der Waals surface area (Å²) in [5.41, 5.74) is -0.409. The number of fused-ring (bicyclic) bond motifs is 1. The Morgan fingerprint density at radius 3 is 2.57 bits per heavy atom. The summed E-state index contributed by atoms with van der Waals surface area (Å²) < 4.78 is -0.565. The van der Waals surface area contributed by atoms with E-state index in [0.29, 0.717) is 25.9 Å². The Kier molecular flexibility index (Phi) is 6.77. The summed E-state index contributed by atoms with van der Waals surface area (Å²) in [6, 6.07) is -0.582. The minimum absolute atomic E-state index is 0.0475. The Bertz CT molecular complexity index is 694. The van der Waals surface area contributed by atoms with Crippen molar-refractivity contribution >= 4 is 29.5 Å². The lowest BCUT2D eigenvalue weighted by atomic mass is 9.65. The maximum absolute atomic E-state index is 13.7. The van der Waals surface area contributed by atoms with Crippen molar-refractivity contribution in [2.45, 2.75) is 81.9 Å². The Labute approximate surface area is 184 Å². The van der Waals surface area contributed by atoms with Crippen LogP contribution in [-0.2, 0) is 14.4 Å². The molecule has 3 aliphatic rings. The Morgan fingerprint density at radius 2 is 1.97 bits per heavy atom. The molecule has 0 aromatic heterocycles. The van der Waals surface area contributed by atoms with Crippen molar-refractivity contribution in [1.29, 1.82) is 0 Å². The van der Waals surface area contributed by atoms with E-state index in [1.54, 1.807) is 16.7 Å². The molecule has 0 aliphatic carbocycles. The van der Waals surface area contributed by atoms with Crippen LogP contribution in [0, 0.1) is 17.8 Å². The van der Waals surface area contributed by atoms with Crippen molar-refractivity contribution < 1.29 is 19.5 Å². The minimum atomic E-state index is -0.582. The molecule has 7 nitrogen and oxygen atoms in total. The molecule has 3 saturated heterocycles. The highest BCUT2D eigenvalue weighted by molar-refractivity contribution is 8.02. The Balaban J connectivity index is 1.98. The number of hydrogen-bond donors (Lipinski definition) is 3. The monoisotopic (exact) mass is 439 g/mol. The van der Waals surface area contributed by atoms with Gasteiger partial charge in [-0.15, -0.1) is 11.8 Å². The van der Waals surface area contributed by atoms with Gasteiger partial charge in [0.05, 0.1) is 16.6 Å². The van der Waals surface area contributed by atoms with Gasteiger partial charge in [0, 0.05) is 30.5 Å². The zero-order valence-electron chi connectivity index (χ0n) is 18.9. The van der Waals surface area contributed by atoms with Gasteiger partial charge in [-0.2, -0.15) is 0 Å². The van der Waals surface area contributed by atoms with Crippen LogP contribution in [0.5, 0.6) is 0 Å². The van der Waals surface area contributed by atoms with Crippen LogP contribution in [0.4, 0.5) is 0 Å². The third-order valence-electron chi connectivity index (χ3n) is 6.65.